The van der Waals surface area contributed by atoms with E-state index in [0.717, 1.165) is 11.9 Å². The van der Waals surface area contributed by atoms with Crippen LogP contribution < -0.4 is 10.0 Å². The third-order valence-corrected chi connectivity index (χ3v) is 2.83. The van der Waals surface area contributed by atoms with Gasteiger partial charge in [0.05, 0.1) is 11.9 Å². The highest BCUT2D eigenvalue weighted by molar-refractivity contribution is 7.88. The van der Waals surface area contributed by atoms with Crippen LogP contribution in [0.15, 0.2) is 6.20 Å². The van der Waals surface area contributed by atoms with Gasteiger partial charge in [0.2, 0.25) is 10.0 Å². The molecule has 18 heavy (non-hydrogen) atoms. The number of sulfonamides is 1. The van der Waals surface area contributed by atoms with Crippen LogP contribution in [0.1, 0.15) is 12.1 Å². The van der Waals surface area contributed by atoms with Crippen LogP contribution >= 0.6 is 0 Å². The van der Waals surface area contributed by atoms with Gasteiger partial charge in [-0.1, -0.05) is 5.21 Å². The average Bonchev–Trinajstić information content (AvgIpc) is 2.72. The number of nitrogens with zero attached hydrogens (tertiary/aromatic N) is 3. The van der Waals surface area contributed by atoms with E-state index in [1.807, 2.05) is 0 Å². The zero-order valence-corrected chi connectivity index (χ0v) is 11.2. The Hall–Kier alpha value is -1.03. The van der Waals surface area contributed by atoms with Gasteiger partial charge in [0.25, 0.3) is 0 Å². The Morgan fingerprint density at radius 2 is 2.22 bits per heavy atom. The molecule has 0 amide bonds. The molecule has 0 spiro atoms. The number of aliphatic hydroxyl groups excluding tert-OH is 1. The van der Waals surface area contributed by atoms with Crippen molar-refractivity contribution in [2.24, 2.45) is 0 Å². The van der Waals surface area contributed by atoms with E-state index in [9.17, 15) is 8.42 Å². The lowest BCUT2D eigenvalue weighted by molar-refractivity contribution is 0.276. The SMILES string of the molecule is CS(=O)(=O)NCCNCc1cn(CCCO)nn1. The Morgan fingerprint density at radius 1 is 1.44 bits per heavy atom. The maximum Gasteiger partial charge on any atom is 0.208 e. The van der Waals surface area contributed by atoms with E-state index in [4.69, 9.17) is 5.11 Å². The van der Waals surface area contributed by atoms with E-state index < -0.39 is 10.0 Å². The molecule has 3 N–H and O–H groups in total. The molecule has 0 bridgehead atoms. The molecule has 0 fully saturated rings. The predicted molar refractivity (Wildman–Crippen MR) is 66.3 cm³/mol. The second-order valence-corrected chi connectivity index (χ2v) is 5.73. The van der Waals surface area contributed by atoms with Gasteiger partial charge in [-0.15, -0.1) is 5.10 Å². The third-order valence-electron chi connectivity index (χ3n) is 2.10. The minimum absolute atomic E-state index is 0.130. The number of aliphatic hydroxyl groups is 1. The number of aromatic nitrogens is 3. The van der Waals surface area contributed by atoms with E-state index in [2.05, 4.69) is 20.4 Å². The van der Waals surface area contributed by atoms with Gasteiger partial charge >= 0.3 is 0 Å². The molecule has 0 atom stereocenters. The molecule has 0 saturated carbocycles. The van der Waals surface area contributed by atoms with Crippen molar-refractivity contribution in [3.8, 4) is 0 Å². The molecular weight excluding hydrogens is 258 g/mol. The van der Waals surface area contributed by atoms with Crippen LogP contribution in [0.25, 0.3) is 0 Å². The Kier molecular flexibility index (Phi) is 6.19. The molecule has 1 heterocycles. The lowest BCUT2D eigenvalue weighted by Gasteiger charge is -2.02. The minimum atomic E-state index is -3.12. The molecule has 0 unspecified atom stereocenters. The summed E-state index contributed by atoms with van der Waals surface area (Å²) in [6, 6.07) is 0. The van der Waals surface area contributed by atoms with Crippen molar-refractivity contribution in [1.82, 2.24) is 25.0 Å². The number of nitrogens with one attached hydrogen (secondary N) is 2. The summed E-state index contributed by atoms with van der Waals surface area (Å²) in [6.07, 6.45) is 3.57. The molecule has 0 saturated heterocycles. The molecule has 1 rings (SSSR count). The number of rotatable bonds is 9. The van der Waals surface area contributed by atoms with E-state index in [1.165, 1.54) is 0 Å². The summed E-state index contributed by atoms with van der Waals surface area (Å²) in [6.45, 7) is 2.17. The average molecular weight is 277 g/mol. The standard InChI is InChI=1S/C9H19N5O3S/c1-18(16,17)11-4-3-10-7-9-8-14(13-12-9)5-2-6-15/h8,10-11,15H,2-7H2,1H3. The van der Waals surface area contributed by atoms with Crippen molar-refractivity contribution in [2.75, 3.05) is 26.0 Å². The molecule has 0 aliphatic carbocycles. The van der Waals surface area contributed by atoms with Crippen LogP contribution in [0.3, 0.4) is 0 Å². The van der Waals surface area contributed by atoms with Crippen LogP contribution in [-0.4, -0.2) is 54.5 Å². The first-order valence-corrected chi connectivity index (χ1v) is 7.55. The van der Waals surface area contributed by atoms with E-state index >= 15 is 0 Å². The molecule has 1 aromatic heterocycles. The summed E-state index contributed by atoms with van der Waals surface area (Å²) in [5.74, 6) is 0. The Balaban J connectivity index is 2.17. The maximum atomic E-state index is 10.8. The fourth-order valence-electron chi connectivity index (χ4n) is 1.30. The fraction of sp³-hybridized carbons (Fsp3) is 0.778. The van der Waals surface area contributed by atoms with Gasteiger partial charge in [-0.3, -0.25) is 4.68 Å². The van der Waals surface area contributed by atoms with Gasteiger partial charge in [-0.2, -0.15) is 0 Å². The lowest BCUT2D eigenvalue weighted by atomic mass is 10.4. The molecule has 0 aliphatic rings. The van der Waals surface area contributed by atoms with Crippen molar-refractivity contribution in [3.63, 3.8) is 0 Å². The van der Waals surface area contributed by atoms with Gasteiger partial charge in [0, 0.05) is 39.0 Å². The van der Waals surface area contributed by atoms with Gasteiger partial charge in [0.1, 0.15) is 0 Å². The first kappa shape index (κ1) is 15.0. The lowest BCUT2D eigenvalue weighted by Crippen LogP contribution is -2.30. The van der Waals surface area contributed by atoms with Crippen LogP contribution in [0, 0.1) is 0 Å². The molecular formula is C9H19N5O3S. The zero-order valence-electron chi connectivity index (χ0n) is 10.3. The van der Waals surface area contributed by atoms with Crippen LogP contribution in [0.5, 0.6) is 0 Å². The Morgan fingerprint density at radius 3 is 2.89 bits per heavy atom. The summed E-state index contributed by atoms with van der Waals surface area (Å²) in [5, 5.41) is 19.6. The second-order valence-electron chi connectivity index (χ2n) is 3.89. The van der Waals surface area contributed by atoms with Crippen molar-refractivity contribution >= 4 is 10.0 Å². The van der Waals surface area contributed by atoms with E-state index in [1.54, 1.807) is 10.9 Å². The summed E-state index contributed by atoms with van der Waals surface area (Å²) in [5.41, 5.74) is 0.785. The second kappa shape index (κ2) is 7.41. The number of hydrogen-bond acceptors (Lipinski definition) is 6. The van der Waals surface area contributed by atoms with Crippen molar-refractivity contribution in [2.45, 2.75) is 19.5 Å². The van der Waals surface area contributed by atoms with Crippen molar-refractivity contribution < 1.29 is 13.5 Å². The fourth-order valence-corrected chi connectivity index (χ4v) is 1.78. The van der Waals surface area contributed by atoms with Gasteiger partial charge < -0.3 is 10.4 Å². The molecule has 1 aromatic rings. The Labute approximate surface area is 106 Å². The monoisotopic (exact) mass is 277 g/mol. The normalized spacial score (nSPS) is 11.9. The topological polar surface area (TPSA) is 109 Å². The first-order valence-electron chi connectivity index (χ1n) is 5.66. The largest absolute Gasteiger partial charge is 0.396 e. The molecule has 9 heteroatoms. The predicted octanol–water partition coefficient (Wildman–Crippen LogP) is -1.70. The third kappa shape index (κ3) is 6.64. The van der Waals surface area contributed by atoms with Crippen LogP contribution in [0.4, 0.5) is 0 Å². The van der Waals surface area contributed by atoms with Crippen LogP contribution in [-0.2, 0) is 23.1 Å². The quantitative estimate of drug-likeness (QED) is 0.464. The molecule has 8 nitrogen and oxygen atoms in total. The first-order chi connectivity index (χ1) is 8.51. The smallest absolute Gasteiger partial charge is 0.208 e. The van der Waals surface area contributed by atoms with Gasteiger partial charge in [0.15, 0.2) is 0 Å². The maximum absolute atomic E-state index is 10.8. The molecule has 0 radical (unpaired) electrons. The molecule has 0 aliphatic heterocycles. The van der Waals surface area contributed by atoms with Gasteiger partial charge in [-0.25, -0.2) is 13.1 Å². The van der Waals surface area contributed by atoms with Crippen LogP contribution in [0.2, 0.25) is 0 Å². The zero-order chi connectivity index (χ0) is 13.4. The summed E-state index contributed by atoms with van der Waals surface area (Å²) >= 11 is 0. The van der Waals surface area contributed by atoms with E-state index in [0.29, 0.717) is 32.6 Å². The number of aryl methyl sites for hydroxylation is 1. The van der Waals surface area contributed by atoms with E-state index in [-0.39, 0.29) is 6.61 Å². The minimum Gasteiger partial charge on any atom is -0.396 e. The number of hydrogen-bond donors (Lipinski definition) is 3. The summed E-state index contributed by atoms with van der Waals surface area (Å²) < 4.78 is 25.6. The van der Waals surface area contributed by atoms with Crippen molar-refractivity contribution in [1.29, 1.82) is 0 Å². The highest BCUT2D eigenvalue weighted by Gasteiger charge is 2.01. The van der Waals surface area contributed by atoms with Gasteiger partial charge in [-0.05, 0) is 6.42 Å². The molecule has 0 aromatic carbocycles. The summed E-state index contributed by atoms with van der Waals surface area (Å²) in [4.78, 5) is 0. The Bertz CT molecular complexity index is 445. The molecule has 104 valence electrons. The summed E-state index contributed by atoms with van der Waals surface area (Å²) in [7, 11) is -3.12. The highest BCUT2D eigenvalue weighted by Crippen LogP contribution is 1.93. The van der Waals surface area contributed by atoms with Crippen molar-refractivity contribution in [3.05, 3.63) is 11.9 Å². The highest BCUT2D eigenvalue weighted by atomic mass is 32.2.